The van der Waals surface area contributed by atoms with Gasteiger partial charge >= 0.3 is 0 Å². The number of carbonyl (C=O) groups excluding carboxylic acids is 2. The molecule has 0 saturated carbocycles. The average molecular weight is 348 g/mol. The molecule has 0 aliphatic heterocycles. The summed E-state index contributed by atoms with van der Waals surface area (Å²) in [6, 6.07) is 8.71. The molecule has 1 rings (SSSR count). The van der Waals surface area contributed by atoms with Gasteiger partial charge < -0.3 is 16.0 Å². The smallest absolute Gasteiger partial charge is 0.239 e. The largest absolute Gasteiger partial charge is 0.352 e. The van der Waals surface area contributed by atoms with Gasteiger partial charge in [0.15, 0.2) is 0 Å². The molecule has 0 unspecified atom stereocenters. The first-order valence-electron chi connectivity index (χ1n) is 9.10. The maximum Gasteiger partial charge on any atom is 0.239 e. The number of benzene rings is 1. The van der Waals surface area contributed by atoms with Gasteiger partial charge in [0.25, 0.3) is 0 Å². The summed E-state index contributed by atoms with van der Waals surface area (Å²) >= 11 is 0. The second-order valence-electron chi connectivity index (χ2n) is 7.42. The Kier molecular flexibility index (Phi) is 8.62. The highest BCUT2D eigenvalue weighted by atomic mass is 16.2. The molecule has 3 N–H and O–H groups in total. The van der Waals surface area contributed by atoms with Gasteiger partial charge in [-0.2, -0.15) is 0 Å². The molecule has 1 aromatic carbocycles. The molecule has 0 spiro atoms. The van der Waals surface area contributed by atoms with Crippen molar-refractivity contribution in [3.05, 3.63) is 35.4 Å². The lowest BCUT2D eigenvalue weighted by Gasteiger charge is -2.23. The average Bonchev–Trinajstić information content (AvgIpc) is 2.52. The van der Waals surface area contributed by atoms with Crippen LogP contribution in [0.15, 0.2) is 24.3 Å². The molecule has 0 aliphatic rings. The summed E-state index contributed by atoms with van der Waals surface area (Å²) < 4.78 is 0. The zero-order valence-corrected chi connectivity index (χ0v) is 16.3. The maximum absolute atomic E-state index is 12.0. The lowest BCUT2D eigenvalue weighted by atomic mass is 9.93. The molecular formula is C20H33N3O2. The third-order valence-corrected chi connectivity index (χ3v) is 4.01. The molecule has 0 bridgehead atoms. The van der Waals surface area contributed by atoms with Crippen molar-refractivity contribution in [1.29, 1.82) is 0 Å². The summed E-state index contributed by atoms with van der Waals surface area (Å²) in [7, 11) is 0. The van der Waals surface area contributed by atoms with E-state index < -0.39 is 0 Å². The standard InChI is InChI=1S/C20H33N3O2/c1-13(2)16-7-9-17(10-8-16)20(14(3)4)22-11-18(24)21-12-19(25)23-15(5)6/h7-10,13-15,20,22H,11-12H2,1-6H3,(H,21,24)(H,23,25)/t20-/m0/s1. The number of hydrogen-bond acceptors (Lipinski definition) is 3. The molecule has 0 radical (unpaired) electrons. The molecule has 5 heteroatoms. The SMILES string of the molecule is CC(C)NC(=O)CNC(=O)CN[C@H](c1ccc(C(C)C)cc1)C(C)C. The monoisotopic (exact) mass is 347 g/mol. The van der Waals surface area contributed by atoms with Crippen LogP contribution in [0.3, 0.4) is 0 Å². The number of nitrogens with one attached hydrogen (secondary N) is 3. The summed E-state index contributed by atoms with van der Waals surface area (Å²) in [5, 5.41) is 8.70. The molecule has 0 aromatic heterocycles. The van der Waals surface area contributed by atoms with E-state index in [-0.39, 0.29) is 37.0 Å². The van der Waals surface area contributed by atoms with Gasteiger partial charge in [0.05, 0.1) is 13.1 Å². The van der Waals surface area contributed by atoms with Crippen molar-refractivity contribution < 1.29 is 9.59 Å². The Balaban J connectivity index is 2.55. The van der Waals surface area contributed by atoms with Gasteiger partial charge in [-0.15, -0.1) is 0 Å². The number of hydrogen-bond donors (Lipinski definition) is 3. The van der Waals surface area contributed by atoms with Crippen LogP contribution in [0.5, 0.6) is 0 Å². The Labute approximate surface area is 152 Å². The van der Waals surface area contributed by atoms with Gasteiger partial charge in [0, 0.05) is 12.1 Å². The fourth-order valence-electron chi connectivity index (χ4n) is 2.64. The summed E-state index contributed by atoms with van der Waals surface area (Å²) in [6.45, 7) is 12.6. The summed E-state index contributed by atoms with van der Waals surface area (Å²) in [4.78, 5) is 23.5. The maximum atomic E-state index is 12.0. The van der Waals surface area contributed by atoms with Crippen LogP contribution in [-0.4, -0.2) is 30.9 Å². The first kappa shape index (κ1) is 21.2. The van der Waals surface area contributed by atoms with Gasteiger partial charge in [-0.1, -0.05) is 52.0 Å². The topological polar surface area (TPSA) is 70.2 Å². The van der Waals surface area contributed by atoms with Crippen LogP contribution in [0.1, 0.15) is 64.6 Å². The zero-order chi connectivity index (χ0) is 19.0. The fraction of sp³-hybridized carbons (Fsp3) is 0.600. The van der Waals surface area contributed by atoms with Crippen LogP contribution in [0.2, 0.25) is 0 Å². The van der Waals surface area contributed by atoms with Gasteiger partial charge in [-0.05, 0) is 36.8 Å². The molecule has 1 atom stereocenters. The normalized spacial score (nSPS) is 12.5. The molecule has 0 heterocycles. The Hall–Kier alpha value is -1.88. The minimum Gasteiger partial charge on any atom is -0.352 e. The Morgan fingerprint density at radius 2 is 1.40 bits per heavy atom. The lowest BCUT2D eigenvalue weighted by Crippen LogP contribution is -2.43. The van der Waals surface area contributed by atoms with E-state index in [4.69, 9.17) is 0 Å². The molecule has 25 heavy (non-hydrogen) atoms. The van der Waals surface area contributed by atoms with Crippen LogP contribution in [-0.2, 0) is 9.59 Å². The van der Waals surface area contributed by atoms with E-state index >= 15 is 0 Å². The Bertz CT molecular complexity index is 551. The summed E-state index contributed by atoms with van der Waals surface area (Å²) in [6.07, 6.45) is 0. The van der Waals surface area contributed by atoms with Crippen molar-refractivity contribution >= 4 is 11.8 Å². The first-order chi connectivity index (χ1) is 11.7. The van der Waals surface area contributed by atoms with Crippen LogP contribution in [0.25, 0.3) is 0 Å². The van der Waals surface area contributed by atoms with Gasteiger partial charge in [0.1, 0.15) is 0 Å². The van der Waals surface area contributed by atoms with Gasteiger partial charge in [-0.25, -0.2) is 0 Å². The summed E-state index contributed by atoms with van der Waals surface area (Å²) in [5.41, 5.74) is 2.48. The van der Waals surface area contributed by atoms with E-state index in [1.54, 1.807) is 0 Å². The Morgan fingerprint density at radius 3 is 1.88 bits per heavy atom. The predicted molar refractivity (Wildman–Crippen MR) is 102 cm³/mol. The van der Waals surface area contributed by atoms with E-state index in [2.05, 4.69) is 67.9 Å². The third-order valence-electron chi connectivity index (χ3n) is 4.01. The van der Waals surface area contributed by atoms with Crippen LogP contribution in [0, 0.1) is 5.92 Å². The minimum atomic E-state index is -0.177. The molecule has 1 aromatic rings. The molecule has 0 aliphatic carbocycles. The fourth-order valence-corrected chi connectivity index (χ4v) is 2.64. The minimum absolute atomic E-state index is 0.00806. The van der Waals surface area contributed by atoms with E-state index in [1.807, 2.05) is 13.8 Å². The summed E-state index contributed by atoms with van der Waals surface area (Å²) in [5.74, 6) is 0.501. The van der Waals surface area contributed by atoms with Crippen molar-refractivity contribution in [3.8, 4) is 0 Å². The first-order valence-corrected chi connectivity index (χ1v) is 9.10. The van der Waals surface area contributed by atoms with Gasteiger partial charge in [0.2, 0.25) is 11.8 Å². The zero-order valence-electron chi connectivity index (χ0n) is 16.3. The molecule has 0 fully saturated rings. The number of amides is 2. The number of carbonyl (C=O) groups is 2. The predicted octanol–water partition coefficient (Wildman–Crippen LogP) is 2.74. The second-order valence-corrected chi connectivity index (χ2v) is 7.42. The van der Waals surface area contributed by atoms with Crippen LogP contribution in [0.4, 0.5) is 0 Å². The van der Waals surface area contributed by atoms with E-state index in [1.165, 1.54) is 11.1 Å². The Morgan fingerprint density at radius 1 is 0.840 bits per heavy atom. The molecular weight excluding hydrogens is 314 g/mol. The lowest BCUT2D eigenvalue weighted by molar-refractivity contribution is -0.126. The van der Waals surface area contributed by atoms with Gasteiger partial charge in [-0.3, -0.25) is 9.59 Å². The third kappa shape index (κ3) is 7.69. The molecule has 2 amide bonds. The van der Waals surface area contributed by atoms with Crippen LogP contribution < -0.4 is 16.0 Å². The molecule has 140 valence electrons. The van der Waals surface area contributed by atoms with Crippen molar-refractivity contribution in [3.63, 3.8) is 0 Å². The van der Waals surface area contributed by atoms with E-state index in [0.29, 0.717) is 11.8 Å². The van der Waals surface area contributed by atoms with Crippen LogP contribution >= 0.6 is 0 Å². The van der Waals surface area contributed by atoms with Crippen molar-refractivity contribution in [1.82, 2.24) is 16.0 Å². The molecule has 5 nitrogen and oxygen atoms in total. The quantitative estimate of drug-likeness (QED) is 0.643. The highest BCUT2D eigenvalue weighted by molar-refractivity contribution is 5.85. The van der Waals surface area contributed by atoms with Crippen molar-refractivity contribution in [2.24, 2.45) is 5.92 Å². The van der Waals surface area contributed by atoms with Crippen molar-refractivity contribution in [2.45, 2.75) is 59.5 Å². The van der Waals surface area contributed by atoms with E-state index in [9.17, 15) is 9.59 Å². The van der Waals surface area contributed by atoms with Crippen molar-refractivity contribution in [2.75, 3.05) is 13.1 Å². The van der Waals surface area contributed by atoms with E-state index in [0.717, 1.165) is 0 Å². The molecule has 0 saturated heterocycles. The highest BCUT2D eigenvalue weighted by Crippen LogP contribution is 2.23. The second kappa shape index (κ2) is 10.2. The number of rotatable bonds is 9. The highest BCUT2D eigenvalue weighted by Gasteiger charge is 2.17.